The van der Waals surface area contributed by atoms with Gasteiger partial charge in [0.1, 0.15) is 25.5 Å². The Labute approximate surface area is 157 Å². The second-order valence-corrected chi connectivity index (χ2v) is 5.92. The van der Waals surface area contributed by atoms with Crippen molar-refractivity contribution in [1.82, 2.24) is 15.1 Å². The molecule has 1 aliphatic rings. The minimum absolute atomic E-state index is 0.140. The topological polar surface area (TPSA) is 79.5 Å². The van der Waals surface area contributed by atoms with E-state index in [2.05, 4.69) is 19.9 Å². The Morgan fingerprint density at radius 1 is 0.964 bits per heavy atom. The van der Waals surface area contributed by atoms with Crippen LogP contribution in [0.3, 0.4) is 0 Å². The highest BCUT2D eigenvalue weighted by Crippen LogP contribution is 2.31. The molecule has 3 aromatic rings. The molecule has 7 nitrogen and oxygen atoms in total. The normalized spacial score (nSPS) is 13.5. The summed E-state index contributed by atoms with van der Waals surface area (Å²) in [7, 11) is 0. The Bertz CT molecular complexity index is 957. The van der Waals surface area contributed by atoms with Gasteiger partial charge in [-0.3, -0.25) is 0 Å². The molecule has 0 saturated heterocycles. The molecular weight excluding hydrogens is 379 g/mol. The lowest BCUT2D eigenvalue weighted by Gasteiger charge is -2.16. The Kier molecular flexibility index (Phi) is 4.86. The van der Waals surface area contributed by atoms with Crippen molar-refractivity contribution in [2.75, 3.05) is 19.8 Å². The Morgan fingerprint density at radius 3 is 2.54 bits per heavy atom. The van der Waals surface area contributed by atoms with E-state index >= 15 is 0 Å². The first-order valence-corrected chi connectivity index (χ1v) is 8.32. The van der Waals surface area contributed by atoms with Crippen molar-refractivity contribution >= 4 is 0 Å². The predicted molar refractivity (Wildman–Crippen MR) is 89.7 cm³/mol. The van der Waals surface area contributed by atoms with Crippen molar-refractivity contribution in [3.8, 4) is 34.6 Å². The van der Waals surface area contributed by atoms with Gasteiger partial charge in [-0.1, -0.05) is 29.4 Å². The van der Waals surface area contributed by atoms with Gasteiger partial charge in [-0.2, -0.15) is 18.2 Å². The zero-order valence-corrected chi connectivity index (χ0v) is 14.4. The summed E-state index contributed by atoms with van der Waals surface area (Å²) in [6.07, 6.45) is -4.34. The largest absolute Gasteiger partial charge is 0.484 e. The smallest absolute Gasteiger partial charge is 0.411 e. The molecule has 10 heteroatoms. The van der Waals surface area contributed by atoms with Crippen molar-refractivity contribution in [3.63, 3.8) is 0 Å². The van der Waals surface area contributed by atoms with E-state index in [9.17, 15) is 13.2 Å². The zero-order valence-electron chi connectivity index (χ0n) is 14.4. The molecule has 0 radical (unpaired) electrons. The fraction of sp³-hybridized carbons (Fsp3) is 0.278. The van der Waals surface area contributed by atoms with Crippen LogP contribution < -0.4 is 9.47 Å². The summed E-state index contributed by atoms with van der Waals surface area (Å²) in [5.41, 5.74) is 1.69. The first kappa shape index (κ1) is 18.2. The summed E-state index contributed by atoms with van der Waals surface area (Å²) in [6.45, 7) is -0.544. The number of aromatic nitrogens is 3. The van der Waals surface area contributed by atoms with E-state index in [1.165, 1.54) is 0 Å². The molecule has 0 saturated carbocycles. The summed E-state index contributed by atoms with van der Waals surface area (Å²) in [4.78, 5) is 8.61. The van der Waals surface area contributed by atoms with Crippen molar-refractivity contribution < 1.29 is 31.9 Å². The van der Waals surface area contributed by atoms with Crippen LogP contribution in [-0.2, 0) is 11.3 Å². The number of fused-ring (bicyclic) bond motifs is 1. The number of benzene rings is 1. The van der Waals surface area contributed by atoms with E-state index in [-0.39, 0.29) is 12.5 Å². The van der Waals surface area contributed by atoms with Gasteiger partial charge in [0.15, 0.2) is 5.75 Å². The number of alkyl halides is 3. The highest BCUT2D eigenvalue weighted by molar-refractivity contribution is 5.59. The number of hydrogen-bond acceptors (Lipinski definition) is 7. The molecule has 0 amide bonds. The zero-order chi connectivity index (χ0) is 19.6. The molecule has 0 N–H and O–H groups in total. The molecule has 0 atom stereocenters. The van der Waals surface area contributed by atoms with Gasteiger partial charge >= 0.3 is 6.18 Å². The monoisotopic (exact) mass is 393 g/mol. The van der Waals surface area contributed by atoms with Crippen LogP contribution in [0.25, 0.3) is 23.0 Å². The van der Waals surface area contributed by atoms with E-state index in [1.807, 2.05) is 0 Å². The van der Waals surface area contributed by atoms with Crippen LogP contribution >= 0.6 is 0 Å². The van der Waals surface area contributed by atoms with E-state index < -0.39 is 12.8 Å². The summed E-state index contributed by atoms with van der Waals surface area (Å²) in [5.74, 6) is 1.46. The number of hydrogen-bond donors (Lipinski definition) is 0. The van der Waals surface area contributed by atoms with Gasteiger partial charge in [0.2, 0.25) is 5.82 Å². The number of rotatable bonds is 5. The number of ether oxygens (including phenoxy) is 3. The molecule has 146 valence electrons. The SMILES string of the molecule is FC(F)(F)COCc1ccc(-c2noc(-c3ccc4c(n3)OCCO4)n2)cc1. The summed E-state index contributed by atoms with van der Waals surface area (Å²) in [5, 5.41) is 3.92. The molecule has 1 aliphatic heterocycles. The predicted octanol–water partition coefficient (Wildman–Crippen LogP) is 3.65. The fourth-order valence-corrected chi connectivity index (χ4v) is 2.53. The highest BCUT2D eigenvalue weighted by atomic mass is 19.4. The third kappa shape index (κ3) is 4.22. The summed E-state index contributed by atoms with van der Waals surface area (Å²) in [6, 6.07) is 10.0. The molecule has 4 rings (SSSR count). The third-order valence-electron chi connectivity index (χ3n) is 3.80. The van der Waals surface area contributed by atoms with Gasteiger partial charge in [0.05, 0.1) is 6.61 Å². The van der Waals surface area contributed by atoms with Crippen LogP contribution in [0, 0.1) is 0 Å². The number of nitrogens with zero attached hydrogens (tertiary/aromatic N) is 3. The lowest BCUT2D eigenvalue weighted by molar-refractivity contribution is -0.176. The van der Waals surface area contributed by atoms with Crippen LogP contribution in [0.1, 0.15) is 5.56 Å². The minimum Gasteiger partial charge on any atom is -0.484 e. The van der Waals surface area contributed by atoms with E-state index in [0.717, 1.165) is 0 Å². The Balaban J connectivity index is 1.45. The maximum absolute atomic E-state index is 12.1. The van der Waals surface area contributed by atoms with Crippen LogP contribution in [0.4, 0.5) is 13.2 Å². The molecular formula is C18H14F3N3O4. The molecule has 0 aliphatic carbocycles. The van der Waals surface area contributed by atoms with Crippen LogP contribution in [0.15, 0.2) is 40.9 Å². The molecule has 3 heterocycles. The van der Waals surface area contributed by atoms with Crippen molar-refractivity contribution in [2.24, 2.45) is 0 Å². The molecule has 1 aromatic carbocycles. The molecule has 28 heavy (non-hydrogen) atoms. The van der Waals surface area contributed by atoms with Crippen molar-refractivity contribution in [3.05, 3.63) is 42.0 Å². The standard InChI is InChI=1S/C18H14F3N3O4/c19-18(20,21)10-25-9-11-1-3-12(4-2-11)15-23-16(28-24-15)13-5-6-14-17(22-13)27-8-7-26-14/h1-6H,7-10H2. The molecule has 0 bridgehead atoms. The molecule has 0 unspecified atom stereocenters. The van der Waals surface area contributed by atoms with Crippen LogP contribution in [0.5, 0.6) is 11.6 Å². The van der Waals surface area contributed by atoms with Gasteiger partial charge in [0, 0.05) is 5.56 Å². The molecule has 0 fully saturated rings. The van der Waals surface area contributed by atoms with Gasteiger partial charge in [-0.15, -0.1) is 0 Å². The number of pyridine rings is 1. The van der Waals surface area contributed by atoms with Crippen LogP contribution in [-0.4, -0.2) is 41.1 Å². The molecule has 2 aromatic heterocycles. The fourth-order valence-electron chi connectivity index (χ4n) is 2.53. The second-order valence-electron chi connectivity index (χ2n) is 5.92. The highest BCUT2D eigenvalue weighted by Gasteiger charge is 2.27. The van der Waals surface area contributed by atoms with Gasteiger partial charge in [0.25, 0.3) is 11.8 Å². The van der Waals surface area contributed by atoms with Crippen LogP contribution in [0.2, 0.25) is 0 Å². The Morgan fingerprint density at radius 2 is 1.75 bits per heavy atom. The third-order valence-corrected chi connectivity index (χ3v) is 3.80. The maximum atomic E-state index is 12.1. The van der Waals surface area contributed by atoms with E-state index in [1.54, 1.807) is 36.4 Å². The first-order valence-electron chi connectivity index (χ1n) is 8.32. The average Bonchev–Trinajstić information content (AvgIpc) is 3.17. The van der Waals surface area contributed by atoms with E-state index in [0.29, 0.717) is 47.5 Å². The maximum Gasteiger partial charge on any atom is 0.411 e. The van der Waals surface area contributed by atoms with Gasteiger partial charge in [-0.25, -0.2) is 4.98 Å². The number of halogens is 3. The summed E-state index contributed by atoms with van der Waals surface area (Å²) < 4.78 is 57.1. The minimum atomic E-state index is -4.34. The Hall–Kier alpha value is -3.14. The van der Waals surface area contributed by atoms with E-state index in [4.69, 9.17) is 14.0 Å². The lowest BCUT2D eigenvalue weighted by Crippen LogP contribution is -2.16. The van der Waals surface area contributed by atoms with Crippen molar-refractivity contribution in [1.29, 1.82) is 0 Å². The lowest BCUT2D eigenvalue weighted by atomic mass is 10.1. The second kappa shape index (κ2) is 7.47. The first-order chi connectivity index (χ1) is 13.5. The van der Waals surface area contributed by atoms with Crippen molar-refractivity contribution in [2.45, 2.75) is 12.8 Å². The average molecular weight is 393 g/mol. The quantitative estimate of drug-likeness (QED) is 0.655. The van der Waals surface area contributed by atoms with Gasteiger partial charge in [-0.05, 0) is 17.7 Å². The summed E-state index contributed by atoms with van der Waals surface area (Å²) >= 11 is 0. The van der Waals surface area contributed by atoms with Gasteiger partial charge < -0.3 is 18.7 Å². The molecule has 0 spiro atoms.